The molecule has 0 N–H and O–H groups in total. The molecule has 10 aromatic rings. The molecular weight excluding hydrogens is 717 g/mol. The first-order chi connectivity index (χ1) is 29.1. The molecule has 0 saturated heterocycles. The minimum atomic E-state index is 0.588. The normalized spacial score (nSPS) is 12.1. The molecule has 2 heterocycles. The van der Waals surface area contributed by atoms with Crippen molar-refractivity contribution in [2.75, 3.05) is 0 Å². The molecule has 10 rings (SSSR count). The smallest absolute Gasteiger partial charge is 0.164 e. The van der Waals surface area contributed by atoms with Crippen LogP contribution in [0.1, 0.15) is 18.2 Å². The van der Waals surface area contributed by atoms with Crippen molar-refractivity contribution in [3.63, 3.8) is 0 Å². The van der Waals surface area contributed by atoms with Crippen molar-refractivity contribution in [2.24, 2.45) is 0 Å². The van der Waals surface area contributed by atoms with Gasteiger partial charge >= 0.3 is 0 Å². The zero-order valence-corrected chi connectivity index (χ0v) is 32.5. The highest BCUT2D eigenvalue weighted by molar-refractivity contribution is 6.25. The monoisotopic (exact) mass is 754 g/mol. The van der Waals surface area contributed by atoms with Crippen LogP contribution in [0.3, 0.4) is 0 Å². The zero-order valence-electron chi connectivity index (χ0n) is 32.5. The van der Waals surface area contributed by atoms with E-state index in [-0.39, 0.29) is 0 Å². The van der Waals surface area contributed by atoms with Crippen LogP contribution in [-0.2, 0) is 0 Å². The third-order valence-electron chi connectivity index (χ3n) is 11.1. The van der Waals surface area contributed by atoms with Gasteiger partial charge in [0.05, 0.1) is 5.69 Å². The van der Waals surface area contributed by atoms with Crippen molar-refractivity contribution in [1.82, 2.24) is 19.9 Å². The minimum Gasteiger partial charge on any atom is -0.256 e. The lowest BCUT2D eigenvalue weighted by atomic mass is 9.89. The molecule has 0 aliphatic heterocycles. The number of benzene rings is 8. The molecule has 2 aromatic heterocycles. The Morgan fingerprint density at radius 1 is 0.458 bits per heavy atom. The van der Waals surface area contributed by atoms with E-state index in [9.17, 15) is 0 Å². The van der Waals surface area contributed by atoms with Crippen molar-refractivity contribution < 1.29 is 0 Å². The number of aromatic nitrogens is 4. The topological polar surface area (TPSA) is 51.6 Å². The van der Waals surface area contributed by atoms with E-state index in [4.69, 9.17) is 15.0 Å². The molecule has 0 radical (unpaired) electrons. The maximum Gasteiger partial charge on any atom is 0.164 e. The summed E-state index contributed by atoms with van der Waals surface area (Å²) in [6.07, 6.45) is 7.96. The third kappa shape index (κ3) is 6.77. The average Bonchev–Trinajstić information content (AvgIpc) is 3.32. The fourth-order valence-corrected chi connectivity index (χ4v) is 8.12. The molecular formula is C55H38N4. The first-order valence-corrected chi connectivity index (χ1v) is 19.9. The van der Waals surface area contributed by atoms with E-state index < -0.39 is 0 Å². The molecule has 59 heavy (non-hydrogen) atoms. The average molecular weight is 755 g/mol. The van der Waals surface area contributed by atoms with Gasteiger partial charge in [-0.1, -0.05) is 164 Å². The van der Waals surface area contributed by atoms with Crippen LogP contribution in [0.2, 0.25) is 0 Å². The van der Waals surface area contributed by atoms with Gasteiger partial charge in [0.15, 0.2) is 17.5 Å². The van der Waals surface area contributed by atoms with Crippen molar-refractivity contribution in [1.29, 1.82) is 0 Å². The Balaban J connectivity index is 1.13. The van der Waals surface area contributed by atoms with Crippen LogP contribution in [0.4, 0.5) is 0 Å². The van der Waals surface area contributed by atoms with Crippen molar-refractivity contribution in [3.05, 3.63) is 218 Å². The van der Waals surface area contributed by atoms with E-state index in [2.05, 4.69) is 121 Å². The van der Waals surface area contributed by atoms with Crippen LogP contribution in [0.15, 0.2) is 207 Å². The summed E-state index contributed by atoms with van der Waals surface area (Å²) in [5.74, 6) is 1.82. The summed E-state index contributed by atoms with van der Waals surface area (Å²) in [4.78, 5) is 19.8. The Morgan fingerprint density at radius 3 is 1.66 bits per heavy atom. The van der Waals surface area contributed by atoms with Crippen LogP contribution < -0.4 is 0 Å². The number of nitrogens with zero attached hydrogens (tertiary/aromatic N) is 4. The van der Waals surface area contributed by atoms with Crippen LogP contribution in [0.25, 0.3) is 99.9 Å². The Labute approximate surface area is 343 Å². The van der Waals surface area contributed by atoms with Crippen molar-refractivity contribution in [3.8, 4) is 56.4 Å². The number of hydrogen-bond acceptors (Lipinski definition) is 4. The Morgan fingerprint density at radius 2 is 1.03 bits per heavy atom. The molecule has 0 unspecified atom stereocenters. The Kier molecular flexibility index (Phi) is 9.20. The quantitative estimate of drug-likeness (QED) is 0.109. The second-order valence-corrected chi connectivity index (χ2v) is 14.6. The van der Waals surface area contributed by atoms with Gasteiger partial charge < -0.3 is 0 Å². The van der Waals surface area contributed by atoms with E-state index in [1.807, 2.05) is 98.1 Å². The lowest BCUT2D eigenvalue weighted by Gasteiger charge is -2.15. The van der Waals surface area contributed by atoms with Crippen LogP contribution in [-0.4, -0.2) is 19.9 Å². The lowest BCUT2D eigenvalue weighted by molar-refractivity contribution is 1.07. The molecule has 0 bridgehead atoms. The largest absolute Gasteiger partial charge is 0.256 e. The molecule has 0 atom stereocenters. The standard InChI is InChI=1S/C55H38N4/c1-3-36(32-37(4-2)50-20-11-12-31-56-50)45-33-46(35-47(34-45)55-58-53(43-14-7-5-8-15-43)57-54(59-55)44-16-9-6-10-17-44)38-21-23-39(24-22-38)48-29-27-42-26-25-40-18-13-19-41-28-30-49(48)52(42)51(40)41/h3-35H,1H2,2H3/b36-32+,37-4+. The van der Waals surface area contributed by atoms with Crippen molar-refractivity contribution >= 4 is 43.5 Å². The minimum absolute atomic E-state index is 0.588. The van der Waals surface area contributed by atoms with Crippen molar-refractivity contribution in [2.45, 2.75) is 6.92 Å². The summed E-state index contributed by atoms with van der Waals surface area (Å²) < 4.78 is 0. The van der Waals surface area contributed by atoms with Gasteiger partial charge in [-0.2, -0.15) is 0 Å². The summed E-state index contributed by atoms with van der Waals surface area (Å²) >= 11 is 0. The summed E-state index contributed by atoms with van der Waals surface area (Å²) in [5, 5.41) is 7.69. The predicted molar refractivity (Wildman–Crippen MR) is 247 cm³/mol. The highest BCUT2D eigenvalue weighted by Gasteiger charge is 2.17. The summed E-state index contributed by atoms with van der Waals surface area (Å²) in [6, 6.07) is 61.7. The molecule has 278 valence electrons. The van der Waals surface area contributed by atoms with Gasteiger partial charge in [0.1, 0.15) is 0 Å². The van der Waals surface area contributed by atoms with E-state index in [1.54, 1.807) is 0 Å². The van der Waals surface area contributed by atoms with E-state index >= 15 is 0 Å². The highest BCUT2D eigenvalue weighted by atomic mass is 15.0. The maximum atomic E-state index is 5.11. The SMILES string of the molecule is C=C/C(=C\C(=C/C)c1ccccn1)c1cc(-c2ccc(-c3ccc4ccc5cccc6ccc3c4c56)cc2)cc(-c2nc(-c3ccccc3)nc(-c3ccccc3)n2)c1. The van der Waals surface area contributed by atoms with Crippen LogP contribution in [0, 0.1) is 0 Å². The molecule has 0 fully saturated rings. The first kappa shape index (κ1) is 35.6. The lowest BCUT2D eigenvalue weighted by Crippen LogP contribution is -2.01. The summed E-state index contributed by atoms with van der Waals surface area (Å²) in [5.41, 5.74) is 11.1. The number of hydrogen-bond donors (Lipinski definition) is 0. The first-order valence-electron chi connectivity index (χ1n) is 19.9. The second kappa shape index (κ2) is 15.3. The molecule has 8 aromatic carbocycles. The van der Waals surface area contributed by atoms with Gasteiger partial charge in [0, 0.05) is 22.9 Å². The van der Waals surface area contributed by atoms with E-state index in [0.717, 1.165) is 50.2 Å². The van der Waals surface area contributed by atoms with Crippen LogP contribution in [0.5, 0.6) is 0 Å². The molecule has 4 heteroatoms. The fourth-order valence-electron chi connectivity index (χ4n) is 8.12. The molecule has 0 amide bonds. The van der Waals surface area contributed by atoms with Gasteiger partial charge in [0.2, 0.25) is 0 Å². The predicted octanol–water partition coefficient (Wildman–Crippen LogP) is 14.2. The molecule has 4 nitrogen and oxygen atoms in total. The molecule has 0 aliphatic rings. The number of rotatable bonds is 9. The van der Waals surface area contributed by atoms with Gasteiger partial charge in [0.25, 0.3) is 0 Å². The highest BCUT2D eigenvalue weighted by Crippen LogP contribution is 2.40. The van der Waals surface area contributed by atoms with Gasteiger partial charge in [-0.3, -0.25) is 4.98 Å². The Hall–Kier alpha value is -7.82. The molecule has 0 spiro atoms. The van der Waals surface area contributed by atoms with E-state index in [1.165, 1.54) is 43.4 Å². The Bertz CT molecular complexity index is 3130. The zero-order chi connectivity index (χ0) is 39.7. The molecule has 0 saturated carbocycles. The third-order valence-corrected chi connectivity index (χ3v) is 11.1. The second-order valence-electron chi connectivity index (χ2n) is 14.6. The number of pyridine rings is 1. The van der Waals surface area contributed by atoms with Gasteiger partial charge in [-0.05, 0) is 115 Å². The fraction of sp³-hybridized carbons (Fsp3) is 0.0182. The molecule has 0 aliphatic carbocycles. The summed E-state index contributed by atoms with van der Waals surface area (Å²) in [6.45, 7) is 6.31. The van der Waals surface area contributed by atoms with E-state index in [0.29, 0.717) is 17.5 Å². The van der Waals surface area contributed by atoms with Gasteiger partial charge in [-0.15, -0.1) is 0 Å². The number of allylic oxidation sites excluding steroid dienone is 5. The van der Waals surface area contributed by atoms with Gasteiger partial charge in [-0.25, -0.2) is 15.0 Å². The summed E-state index contributed by atoms with van der Waals surface area (Å²) in [7, 11) is 0. The maximum absolute atomic E-state index is 5.11. The van der Waals surface area contributed by atoms with Crippen LogP contribution >= 0.6 is 0 Å².